The lowest BCUT2D eigenvalue weighted by Crippen LogP contribution is -2.56. The minimum atomic E-state index is -0.447. The Hall–Kier alpha value is -1.39. The number of nitrogens with zero attached hydrogens (tertiary/aromatic N) is 1. The summed E-state index contributed by atoms with van der Waals surface area (Å²) in [5.74, 6) is 0.0778. The molecule has 2 fully saturated rings. The highest BCUT2D eigenvalue weighted by Gasteiger charge is 2.39. The van der Waals surface area contributed by atoms with E-state index in [1.165, 1.54) is 0 Å². The van der Waals surface area contributed by atoms with E-state index in [4.69, 9.17) is 10.5 Å². The molecule has 1 aliphatic heterocycles. The summed E-state index contributed by atoms with van der Waals surface area (Å²) in [4.78, 5) is 14.6. The fraction of sp³-hybridized carbons (Fsp3) is 0.562. The first-order valence-corrected chi connectivity index (χ1v) is 7.47. The number of hydrogen-bond acceptors (Lipinski definition) is 3. The molecule has 1 aliphatic carbocycles. The Morgan fingerprint density at radius 1 is 1.35 bits per heavy atom. The van der Waals surface area contributed by atoms with Crippen molar-refractivity contribution in [3.8, 4) is 0 Å². The summed E-state index contributed by atoms with van der Waals surface area (Å²) in [6, 6.07) is 9.77. The highest BCUT2D eigenvalue weighted by Crippen LogP contribution is 2.30. The van der Waals surface area contributed by atoms with Crippen molar-refractivity contribution in [3.63, 3.8) is 0 Å². The standard InChI is InChI=1S/C16H22N2O2/c17-13(11-12-5-2-1-3-6-12)16(19)18-9-10-20-15-8-4-7-14(15)18/h1-3,5-6,13-15H,4,7-11,17H2. The Kier molecular flexibility index (Phi) is 4.03. The van der Waals surface area contributed by atoms with Gasteiger partial charge in [0.05, 0.1) is 24.8 Å². The van der Waals surface area contributed by atoms with Gasteiger partial charge in [-0.3, -0.25) is 4.79 Å². The van der Waals surface area contributed by atoms with Crippen molar-refractivity contribution in [2.45, 2.75) is 43.9 Å². The molecule has 1 amide bonds. The zero-order valence-corrected chi connectivity index (χ0v) is 11.7. The van der Waals surface area contributed by atoms with Crippen LogP contribution in [0.25, 0.3) is 0 Å². The summed E-state index contributed by atoms with van der Waals surface area (Å²) in [7, 11) is 0. The van der Waals surface area contributed by atoms with Crippen LogP contribution in [-0.4, -0.2) is 42.1 Å². The van der Waals surface area contributed by atoms with Crippen LogP contribution in [0, 0.1) is 0 Å². The maximum atomic E-state index is 12.6. The molecular weight excluding hydrogens is 252 g/mol. The largest absolute Gasteiger partial charge is 0.374 e. The second-order valence-electron chi connectivity index (χ2n) is 5.74. The molecule has 0 radical (unpaired) electrons. The first-order chi connectivity index (χ1) is 9.75. The van der Waals surface area contributed by atoms with Crippen molar-refractivity contribution in [2.24, 2.45) is 5.73 Å². The second-order valence-corrected chi connectivity index (χ2v) is 5.74. The van der Waals surface area contributed by atoms with Crippen LogP contribution in [0.15, 0.2) is 30.3 Å². The third kappa shape index (κ3) is 2.72. The molecule has 0 aromatic heterocycles. The summed E-state index contributed by atoms with van der Waals surface area (Å²) in [5, 5.41) is 0. The molecule has 2 aliphatic rings. The molecule has 1 saturated heterocycles. The number of morpholine rings is 1. The molecule has 3 rings (SSSR count). The van der Waals surface area contributed by atoms with Gasteiger partial charge in [0.1, 0.15) is 0 Å². The van der Waals surface area contributed by atoms with E-state index in [2.05, 4.69) is 0 Å². The van der Waals surface area contributed by atoms with Crippen LogP contribution in [-0.2, 0) is 16.0 Å². The molecule has 20 heavy (non-hydrogen) atoms. The molecule has 1 aromatic carbocycles. The molecule has 4 heteroatoms. The molecule has 0 bridgehead atoms. The van der Waals surface area contributed by atoms with Crippen LogP contribution < -0.4 is 5.73 Å². The van der Waals surface area contributed by atoms with Crippen LogP contribution in [0.3, 0.4) is 0 Å². The number of carbonyl (C=O) groups excluding carboxylic acids is 1. The van der Waals surface area contributed by atoms with Crippen molar-refractivity contribution in [1.29, 1.82) is 0 Å². The number of amides is 1. The van der Waals surface area contributed by atoms with Crippen LogP contribution in [0.4, 0.5) is 0 Å². The van der Waals surface area contributed by atoms with Crippen LogP contribution in [0.2, 0.25) is 0 Å². The van der Waals surface area contributed by atoms with Gasteiger partial charge in [-0.15, -0.1) is 0 Å². The number of fused-ring (bicyclic) bond motifs is 1. The zero-order valence-electron chi connectivity index (χ0n) is 11.7. The lowest BCUT2D eigenvalue weighted by molar-refractivity contribution is -0.145. The monoisotopic (exact) mass is 274 g/mol. The SMILES string of the molecule is NC(Cc1ccccc1)C(=O)N1CCOC2CCCC21. The van der Waals surface area contributed by atoms with Gasteiger partial charge >= 0.3 is 0 Å². The van der Waals surface area contributed by atoms with E-state index in [-0.39, 0.29) is 18.1 Å². The first kappa shape index (κ1) is 13.6. The van der Waals surface area contributed by atoms with E-state index in [9.17, 15) is 4.79 Å². The van der Waals surface area contributed by atoms with E-state index >= 15 is 0 Å². The number of benzene rings is 1. The molecule has 0 spiro atoms. The Morgan fingerprint density at radius 2 is 2.15 bits per heavy atom. The summed E-state index contributed by atoms with van der Waals surface area (Å²) >= 11 is 0. The number of carbonyl (C=O) groups is 1. The van der Waals surface area contributed by atoms with E-state index in [1.54, 1.807) is 0 Å². The Morgan fingerprint density at radius 3 is 2.95 bits per heavy atom. The summed E-state index contributed by atoms with van der Waals surface area (Å²) in [6.45, 7) is 1.33. The van der Waals surface area contributed by atoms with Crippen LogP contribution in [0.5, 0.6) is 0 Å². The van der Waals surface area contributed by atoms with Gasteiger partial charge in [0.2, 0.25) is 5.91 Å². The highest BCUT2D eigenvalue weighted by atomic mass is 16.5. The number of nitrogens with two attached hydrogens (primary N) is 1. The quantitative estimate of drug-likeness (QED) is 0.905. The molecular formula is C16H22N2O2. The minimum Gasteiger partial charge on any atom is -0.374 e. The Bertz CT molecular complexity index is 463. The zero-order chi connectivity index (χ0) is 13.9. The Balaban J connectivity index is 1.65. The van der Waals surface area contributed by atoms with Gasteiger partial charge in [0.15, 0.2) is 0 Å². The molecule has 3 atom stereocenters. The highest BCUT2D eigenvalue weighted by molar-refractivity contribution is 5.82. The van der Waals surface area contributed by atoms with Gasteiger partial charge in [-0.1, -0.05) is 30.3 Å². The van der Waals surface area contributed by atoms with E-state index in [1.807, 2.05) is 35.2 Å². The summed E-state index contributed by atoms with van der Waals surface area (Å²) in [6.07, 6.45) is 4.11. The van der Waals surface area contributed by atoms with Gasteiger partial charge in [0, 0.05) is 6.54 Å². The second kappa shape index (κ2) is 5.94. The van der Waals surface area contributed by atoms with Gasteiger partial charge in [-0.25, -0.2) is 0 Å². The summed E-state index contributed by atoms with van der Waals surface area (Å²) in [5.41, 5.74) is 7.25. The van der Waals surface area contributed by atoms with Gasteiger partial charge < -0.3 is 15.4 Å². The fourth-order valence-electron chi connectivity index (χ4n) is 3.37. The molecule has 2 N–H and O–H groups in total. The Labute approximate surface area is 119 Å². The third-order valence-corrected chi connectivity index (χ3v) is 4.38. The van der Waals surface area contributed by atoms with Crippen molar-refractivity contribution in [2.75, 3.05) is 13.2 Å². The number of ether oxygens (including phenoxy) is 1. The van der Waals surface area contributed by atoms with E-state index in [0.29, 0.717) is 19.6 Å². The van der Waals surface area contributed by atoms with Gasteiger partial charge in [-0.2, -0.15) is 0 Å². The lowest BCUT2D eigenvalue weighted by Gasteiger charge is -2.39. The lowest BCUT2D eigenvalue weighted by atomic mass is 10.0. The van der Waals surface area contributed by atoms with E-state index in [0.717, 1.165) is 24.8 Å². The van der Waals surface area contributed by atoms with Crippen LogP contribution in [0.1, 0.15) is 24.8 Å². The molecule has 1 aromatic rings. The molecule has 1 saturated carbocycles. The minimum absolute atomic E-state index is 0.0778. The summed E-state index contributed by atoms with van der Waals surface area (Å²) < 4.78 is 5.75. The predicted molar refractivity (Wildman–Crippen MR) is 77.2 cm³/mol. The van der Waals surface area contributed by atoms with Gasteiger partial charge in [-0.05, 0) is 31.2 Å². The fourth-order valence-corrected chi connectivity index (χ4v) is 3.37. The molecule has 1 heterocycles. The van der Waals surface area contributed by atoms with E-state index < -0.39 is 6.04 Å². The average Bonchev–Trinajstić information content (AvgIpc) is 2.96. The molecule has 3 unspecified atom stereocenters. The molecule has 108 valence electrons. The third-order valence-electron chi connectivity index (χ3n) is 4.38. The average molecular weight is 274 g/mol. The van der Waals surface area contributed by atoms with Crippen molar-refractivity contribution in [3.05, 3.63) is 35.9 Å². The number of hydrogen-bond donors (Lipinski definition) is 1. The van der Waals surface area contributed by atoms with Crippen molar-refractivity contribution < 1.29 is 9.53 Å². The number of rotatable bonds is 3. The van der Waals surface area contributed by atoms with Gasteiger partial charge in [0.25, 0.3) is 0 Å². The maximum absolute atomic E-state index is 12.6. The van der Waals surface area contributed by atoms with Crippen molar-refractivity contribution >= 4 is 5.91 Å². The normalized spacial score (nSPS) is 27.1. The van der Waals surface area contributed by atoms with Crippen LogP contribution >= 0.6 is 0 Å². The smallest absolute Gasteiger partial charge is 0.240 e. The first-order valence-electron chi connectivity index (χ1n) is 7.47. The molecule has 4 nitrogen and oxygen atoms in total. The topological polar surface area (TPSA) is 55.6 Å². The van der Waals surface area contributed by atoms with Crippen molar-refractivity contribution in [1.82, 2.24) is 4.90 Å². The predicted octanol–water partition coefficient (Wildman–Crippen LogP) is 1.34. The maximum Gasteiger partial charge on any atom is 0.240 e.